The second kappa shape index (κ2) is 5.10. The highest BCUT2D eigenvalue weighted by Crippen LogP contribution is 2.24. The number of β-amino-alcohol motifs (C(OH)–C–C–N with tert-alkyl or cyclic N) is 2. The van der Waals surface area contributed by atoms with Crippen LogP contribution in [0.1, 0.15) is 10.4 Å². The summed E-state index contributed by atoms with van der Waals surface area (Å²) in [6.45, 7) is -0.520. The maximum Gasteiger partial charge on any atom is 0.308 e. The molecule has 20 heavy (non-hydrogen) atoms. The van der Waals surface area contributed by atoms with Gasteiger partial charge in [-0.15, -0.1) is 0 Å². The number of likely N-dealkylation sites (tertiary alicyclic amines) is 1. The molecule has 1 aromatic rings. The molecule has 0 aromatic heterocycles. The summed E-state index contributed by atoms with van der Waals surface area (Å²) in [5.74, 6) is -3.60. The second-order valence-corrected chi connectivity index (χ2v) is 4.39. The van der Waals surface area contributed by atoms with E-state index in [-0.39, 0.29) is 13.1 Å². The van der Waals surface area contributed by atoms with Crippen molar-refractivity contribution in [2.45, 2.75) is 12.2 Å². The Morgan fingerprint density at radius 3 is 2.35 bits per heavy atom. The van der Waals surface area contributed by atoms with E-state index < -0.39 is 45.9 Å². The Morgan fingerprint density at radius 1 is 1.30 bits per heavy atom. The number of aliphatic hydroxyl groups is 2. The predicted molar refractivity (Wildman–Crippen MR) is 60.9 cm³/mol. The van der Waals surface area contributed by atoms with Crippen LogP contribution >= 0.6 is 0 Å². The van der Waals surface area contributed by atoms with Crippen molar-refractivity contribution in [3.8, 4) is 0 Å². The number of aliphatic hydroxyl groups excluding tert-OH is 2. The van der Waals surface area contributed by atoms with E-state index in [2.05, 4.69) is 0 Å². The van der Waals surface area contributed by atoms with Gasteiger partial charge in [0.1, 0.15) is 5.82 Å². The van der Waals surface area contributed by atoms with Gasteiger partial charge in [0.05, 0.1) is 28.8 Å². The normalized spacial score (nSPS) is 22.1. The molecule has 2 rings (SSSR count). The fourth-order valence-corrected chi connectivity index (χ4v) is 1.97. The summed E-state index contributed by atoms with van der Waals surface area (Å²) >= 11 is 0. The highest BCUT2D eigenvalue weighted by Gasteiger charge is 2.35. The van der Waals surface area contributed by atoms with Crippen LogP contribution < -0.4 is 0 Å². The maximum atomic E-state index is 13.8. The van der Waals surface area contributed by atoms with Gasteiger partial charge >= 0.3 is 5.69 Å². The van der Waals surface area contributed by atoms with E-state index in [4.69, 9.17) is 0 Å². The molecule has 1 fully saturated rings. The standard InChI is InChI=1S/C11H10F2N2O5/c12-5-1-6(10(13)7(2-5)15(19)20)11(18)14-3-8(16)9(17)4-14/h1-2,8-9,16-17H,3-4H2. The Bertz CT molecular complexity index is 570. The summed E-state index contributed by atoms with van der Waals surface area (Å²) in [5, 5.41) is 29.2. The van der Waals surface area contributed by atoms with Crippen molar-refractivity contribution in [3.05, 3.63) is 39.4 Å². The number of nitrogens with zero attached hydrogens (tertiary/aromatic N) is 2. The van der Waals surface area contributed by atoms with Crippen LogP contribution in [0.3, 0.4) is 0 Å². The van der Waals surface area contributed by atoms with Crippen molar-refractivity contribution in [2.75, 3.05) is 13.1 Å². The molecule has 7 nitrogen and oxygen atoms in total. The first-order valence-electron chi connectivity index (χ1n) is 5.60. The third kappa shape index (κ3) is 2.45. The van der Waals surface area contributed by atoms with Crippen LogP contribution in [0.4, 0.5) is 14.5 Å². The number of hydrogen-bond acceptors (Lipinski definition) is 5. The fraction of sp³-hybridized carbons (Fsp3) is 0.364. The number of rotatable bonds is 2. The molecule has 1 saturated heterocycles. The van der Waals surface area contributed by atoms with Gasteiger partial charge in [-0.05, 0) is 6.07 Å². The molecule has 9 heteroatoms. The number of nitro groups is 1. The number of carbonyl (C=O) groups excluding carboxylic acids is 1. The number of benzene rings is 1. The third-order valence-corrected chi connectivity index (χ3v) is 2.99. The van der Waals surface area contributed by atoms with Crippen molar-refractivity contribution in [3.63, 3.8) is 0 Å². The lowest BCUT2D eigenvalue weighted by molar-refractivity contribution is -0.387. The Labute approximate surface area is 111 Å². The highest BCUT2D eigenvalue weighted by atomic mass is 19.1. The summed E-state index contributed by atoms with van der Waals surface area (Å²) in [4.78, 5) is 22.3. The smallest absolute Gasteiger partial charge is 0.308 e. The number of amides is 1. The van der Waals surface area contributed by atoms with Gasteiger partial charge in [-0.1, -0.05) is 0 Å². The van der Waals surface area contributed by atoms with Crippen LogP contribution in [0.25, 0.3) is 0 Å². The lowest BCUT2D eigenvalue weighted by Crippen LogP contribution is -2.30. The molecule has 0 bridgehead atoms. The van der Waals surface area contributed by atoms with Crippen LogP contribution in [0, 0.1) is 21.7 Å². The van der Waals surface area contributed by atoms with Crippen molar-refractivity contribution in [1.29, 1.82) is 0 Å². The quantitative estimate of drug-likeness (QED) is 0.591. The molecular weight excluding hydrogens is 278 g/mol. The molecule has 1 aliphatic rings. The van der Waals surface area contributed by atoms with Gasteiger partial charge in [0.15, 0.2) is 0 Å². The van der Waals surface area contributed by atoms with E-state index in [1.165, 1.54) is 0 Å². The van der Waals surface area contributed by atoms with E-state index in [0.29, 0.717) is 12.1 Å². The summed E-state index contributed by atoms with van der Waals surface area (Å²) < 4.78 is 27.0. The Hall–Kier alpha value is -2.13. The summed E-state index contributed by atoms with van der Waals surface area (Å²) in [7, 11) is 0. The first-order valence-corrected chi connectivity index (χ1v) is 5.60. The average Bonchev–Trinajstić information content (AvgIpc) is 2.71. The minimum Gasteiger partial charge on any atom is -0.388 e. The summed E-state index contributed by atoms with van der Waals surface area (Å²) in [6, 6.07) is 0.918. The number of halogens is 2. The van der Waals surface area contributed by atoms with Gasteiger partial charge in [0.25, 0.3) is 5.91 Å². The molecule has 1 amide bonds. The van der Waals surface area contributed by atoms with E-state index in [0.717, 1.165) is 4.90 Å². The second-order valence-electron chi connectivity index (χ2n) is 4.39. The zero-order valence-electron chi connectivity index (χ0n) is 9.99. The van der Waals surface area contributed by atoms with Crippen LogP contribution in [0.15, 0.2) is 12.1 Å². The predicted octanol–water partition coefficient (Wildman–Crippen LogP) is 0.0506. The largest absolute Gasteiger partial charge is 0.388 e. The topological polar surface area (TPSA) is 104 Å². The SMILES string of the molecule is O=C(c1cc(F)cc([N+](=O)[O-])c1F)N1CC(O)C(O)C1. The number of hydrogen-bond donors (Lipinski definition) is 2. The maximum absolute atomic E-state index is 13.8. The Balaban J connectivity index is 2.38. The first kappa shape index (κ1) is 14.3. The average molecular weight is 288 g/mol. The molecule has 0 radical (unpaired) electrons. The molecular formula is C11H10F2N2O5. The fourth-order valence-electron chi connectivity index (χ4n) is 1.97. The molecule has 2 atom stereocenters. The monoisotopic (exact) mass is 288 g/mol. The first-order chi connectivity index (χ1) is 9.31. The zero-order valence-corrected chi connectivity index (χ0v) is 9.99. The molecule has 2 N–H and O–H groups in total. The lowest BCUT2D eigenvalue weighted by Gasteiger charge is -2.15. The Morgan fingerprint density at radius 2 is 1.85 bits per heavy atom. The number of carbonyl (C=O) groups is 1. The van der Waals surface area contributed by atoms with Crippen molar-refractivity contribution < 1.29 is 28.7 Å². The third-order valence-electron chi connectivity index (χ3n) is 2.99. The molecule has 1 aromatic carbocycles. The van der Waals surface area contributed by atoms with Gasteiger partial charge in [0, 0.05) is 13.1 Å². The van der Waals surface area contributed by atoms with Crippen LogP contribution in [-0.2, 0) is 0 Å². The van der Waals surface area contributed by atoms with Crippen molar-refractivity contribution in [1.82, 2.24) is 4.90 Å². The molecule has 2 unspecified atom stereocenters. The van der Waals surface area contributed by atoms with Crippen LogP contribution in [0.2, 0.25) is 0 Å². The number of nitro benzene ring substituents is 1. The van der Waals surface area contributed by atoms with Gasteiger partial charge in [-0.2, -0.15) is 4.39 Å². The molecule has 0 aliphatic carbocycles. The zero-order chi connectivity index (χ0) is 15.0. The van der Waals surface area contributed by atoms with Crippen molar-refractivity contribution >= 4 is 11.6 Å². The van der Waals surface area contributed by atoms with Crippen molar-refractivity contribution in [2.24, 2.45) is 0 Å². The summed E-state index contributed by atoms with van der Waals surface area (Å²) in [6.07, 6.45) is -2.38. The highest BCUT2D eigenvalue weighted by molar-refractivity contribution is 5.95. The minimum atomic E-state index is -1.45. The van der Waals surface area contributed by atoms with Gasteiger partial charge in [0.2, 0.25) is 5.82 Å². The van der Waals surface area contributed by atoms with E-state index in [1.54, 1.807) is 0 Å². The van der Waals surface area contributed by atoms with E-state index >= 15 is 0 Å². The lowest BCUT2D eigenvalue weighted by atomic mass is 10.1. The van der Waals surface area contributed by atoms with Gasteiger partial charge < -0.3 is 15.1 Å². The summed E-state index contributed by atoms with van der Waals surface area (Å²) in [5.41, 5.74) is -1.95. The van der Waals surface area contributed by atoms with E-state index in [1.807, 2.05) is 0 Å². The van der Waals surface area contributed by atoms with Crippen LogP contribution in [0.5, 0.6) is 0 Å². The molecule has 1 aliphatic heterocycles. The minimum absolute atomic E-state index is 0.260. The van der Waals surface area contributed by atoms with Crippen LogP contribution in [-0.4, -0.2) is 51.2 Å². The molecule has 0 spiro atoms. The molecule has 1 heterocycles. The Kier molecular flexibility index (Phi) is 3.64. The van der Waals surface area contributed by atoms with Gasteiger partial charge in [-0.25, -0.2) is 4.39 Å². The van der Waals surface area contributed by atoms with E-state index in [9.17, 15) is 33.9 Å². The van der Waals surface area contributed by atoms with Gasteiger partial charge in [-0.3, -0.25) is 14.9 Å². The molecule has 108 valence electrons. The molecule has 0 saturated carbocycles.